The zero-order valence-corrected chi connectivity index (χ0v) is 60.2. The molecule has 4 amide bonds. The van der Waals surface area contributed by atoms with Crippen molar-refractivity contribution in [2.24, 2.45) is 26.2 Å². The Morgan fingerprint density at radius 2 is 0.882 bits per heavy atom. The van der Waals surface area contributed by atoms with Crippen LogP contribution in [0.2, 0.25) is 0 Å². The number of allylic oxidation sites excluding steroid dienone is 16. The molecule has 93 heavy (non-hydrogen) atoms. The second-order valence-electron chi connectivity index (χ2n) is 24.7. The highest BCUT2D eigenvalue weighted by Gasteiger charge is 2.41. The van der Waals surface area contributed by atoms with Gasteiger partial charge in [-0.3, -0.25) is 28.8 Å². The first-order chi connectivity index (χ1) is 41.6. The molecule has 8 N–H and O–H groups in total. The minimum atomic E-state index is -1.82. The normalized spacial score (nSPS) is 17.4. The molecule has 5 aliphatic rings. The van der Waals surface area contributed by atoms with Crippen LogP contribution >= 0.6 is 28.7 Å². The number of nitroso groups, excluding NO2 is 1. The molecule has 0 spiro atoms. The lowest BCUT2D eigenvalue weighted by Crippen LogP contribution is -2.50. The van der Waals surface area contributed by atoms with Crippen molar-refractivity contribution >= 4 is 82.2 Å². The molecule has 0 aromatic heterocycles. The van der Waals surface area contributed by atoms with E-state index in [1.807, 2.05) is 4.58 Å². The third-order valence-corrected chi connectivity index (χ3v) is 20.8. The van der Waals surface area contributed by atoms with Crippen LogP contribution in [0.15, 0.2) is 93.8 Å². The molecule has 20 nitrogen and oxygen atoms in total. The van der Waals surface area contributed by atoms with E-state index in [4.69, 9.17) is 34.7 Å². The number of thiol groups is 1. The summed E-state index contributed by atoms with van der Waals surface area (Å²) in [5.41, 5.74) is 25.0. The van der Waals surface area contributed by atoms with Crippen LogP contribution in [0.1, 0.15) is 251 Å². The maximum Gasteiger partial charge on any atom is 0.414 e. The predicted octanol–water partition coefficient (Wildman–Crippen LogP) is 15.2. The number of alkyl halides is 1. The van der Waals surface area contributed by atoms with Gasteiger partial charge in [0.15, 0.2) is 0 Å². The van der Waals surface area contributed by atoms with Crippen LogP contribution in [0.5, 0.6) is 0 Å². The lowest BCUT2D eigenvalue weighted by atomic mass is 9.75. The molecule has 0 aromatic carbocycles. The van der Waals surface area contributed by atoms with Gasteiger partial charge in [-0.15, -0.1) is 9.97 Å². The molecule has 1 saturated heterocycles. The summed E-state index contributed by atoms with van der Waals surface area (Å²) < 4.78 is 6.56. The number of carboxylic acid groups (broad SMARTS) is 3. The minimum absolute atomic E-state index is 0. The molecule has 530 valence electrons. The molecule has 5 rings (SSSR count). The van der Waals surface area contributed by atoms with E-state index < -0.39 is 41.7 Å². The van der Waals surface area contributed by atoms with Gasteiger partial charge in [-0.25, -0.2) is 14.4 Å². The summed E-state index contributed by atoms with van der Waals surface area (Å²) in [4.78, 5) is 114. The van der Waals surface area contributed by atoms with Gasteiger partial charge < -0.3 is 41.3 Å². The predicted molar refractivity (Wildman–Crippen MR) is 378 cm³/mol. The number of carbonyl (C=O) groups excluding carboxylic acids is 6. The Balaban J connectivity index is -0.000000591. The molecule has 0 radical (unpaired) electrons. The number of carbonyl (C=O) groups is 9. The zero-order chi connectivity index (χ0) is 70.1. The molecule has 0 saturated carbocycles. The fourth-order valence-electron chi connectivity index (χ4n) is 12.0. The van der Waals surface area contributed by atoms with E-state index in [0.717, 1.165) is 32.2 Å². The highest BCUT2D eigenvalue weighted by molar-refractivity contribution is 9.09. The number of hydroxylamine groups is 2. The van der Waals surface area contributed by atoms with E-state index >= 15 is 0 Å². The maximum atomic E-state index is 13.2. The second-order valence-corrected chi connectivity index (χ2v) is 25.7. The summed E-state index contributed by atoms with van der Waals surface area (Å²) in [6.07, 6.45) is 6.93. The number of esters is 1. The molecule has 0 bridgehead atoms. The molecular weight excluding hydrogens is 1270 g/mol. The highest BCUT2D eigenvalue weighted by Crippen LogP contribution is 2.52. The molecule has 0 unspecified atom stereocenters. The van der Waals surface area contributed by atoms with E-state index in [1.54, 1.807) is 6.92 Å². The van der Waals surface area contributed by atoms with Gasteiger partial charge in [-0.05, 0) is 207 Å². The van der Waals surface area contributed by atoms with Crippen molar-refractivity contribution in [1.29, 1.82) is 0 Å². The van der Waals surface area contributed by atoms with E-state index in [-0.39, 0.29) is 87.4 Å². The number of hydrogen-bond donors (Lipinski definition) is 7. The number of unbranched alkanes of at least 4 members (excludes halogenated alkanes) is 1. The smallest absolute Gasteiger partial charge is 0.414 e. The largest absolute Gasteiger partial charge is 0.481 e. The quantitative estimate of drug-likeness (QED) is 0.0101. The van der Waals surface area contributed by atoms with Gasteiger partial charge in [0.25, 0.3) is 11.8 Å². The van der Waals surface area contributed by atoms with Gasteiger partial charge in [0.2, 0.25) is 11.8 Å². The Morgan fingerprint density at radius 3 is 1.18 bits per heavy atom. The zero-order valence-electron chi connectivity index (χ0n) is 57.8. The number of imide groups is 1. The fraction of sp³-hybridized carbons (Fsp3) is 0.648. The molecule has 1 fully saturated rings. The third-order valence-electron chi connectivity index (χ3n) is 20.4. The number of amides is 4. The van der Waals surface area contributed by atoms with Gasteiger partial charge in [0.05, 0.1) is 19.6 Å². The molecule has 1 heterocycles. The van der Waals surface area contributed by atoms with E-state index in [0.29, 0.717) is 55.6 Å². The molecule has 1 aliphatic heterocycles. The van der Waals surface area contributed by atoms with Crippen LogP contribution in [0, 0.1) is 26.6 Å². The number of nitrogens with zero attached hydrogens (tertiary/aromatic N) is 2. The first-order valence-corrected chi connectivity index (χ1v) is 32.3. The number of hydrogen-bond acceptors (Lipinski definition) is 13. The Hall–Kier alpha value is -6.26. The van der Waals surface area contributed by atoms with Crippen molar-refractivity contribution in [2.75, 3.05) is 25.0 Å². The molecular formula is C71H119BrN5O15S+. The van der Waals surface area contributed by atoms with Crippen molar-refractivity contribution in [2.45, 2.75) is 257 Å². The summed E-state index contributed by atoms with van der Waals surface area (Å²) in [6.45, 7) is 46.9. The summed E-state index contributed by atoms with van der Waals surface area (Å²) in [6, 6.07) is -0.495. The van der Waals surface area contributed by atoms with Crippen molar-refractivity contribution < 1.29 is 73.8 Å². The average Bonchev–Trinajstić information content (AvgIpc) is 1.66. The lowest BCUT2D eigenvalue weighted by Gasteiger charge is -2.30. The third kappa shape index (κ3) is 25.1. The number of aliphatic carboxylic acids is 3. The maximum absolute atomic E-state index is 13.2. The van der Waals surface area contributed by atoms with Crippen LogP contribution in [-0.2, 0) is 52.7 Å². The number of quaternary nitrogens is 1. The van der Waals surface area contributed by atoms with E-state index in [1.165, 1.54) is 89.2 Å². The van der Waals surface area contributed by atoms with Crippen molar-refractivity contribution in [1.82, 2.24) is 15.7 Å². The van der Waals surface area contributed by atoms with Crippen LogP contribution < -0.4 is 16.4 Å². The summed E-state index contributed by atoms with van der Waals surface area (Å²) in [7, 11) is 0. The number of rotatable bonds is 22. The highest BCUT2D eigenvalue weighted by atomic mass is 79.9. The van der Waals surface area contributed by atoms with Crippen molar-refractivity contribution in [3.05, 3.63) is 94.1 Å². The van der Waals surface area contributed by atoms with E-state index in [9.17, 15) is 33.6 Å². The van der Waals surface area contributed by atoms with Crippen molar-refractivity contribution in [3.63, 3.8) is 0 Å². The molecule has 4 aliphatic carbocycles. The number of halogens is 1. The molecule has 1 atom stereocenters. The van der Waals surface area contributed by atoms with Crippen LogP contribution in [-0.4, -0.2) is 105 Å². The fourth-order valence-corrected chi connectivity index (χ4v) is 12.3. The number of ether oxygens (including phenoxy) is 1. The Morgan fingerprint density at radius 1 is 0.559 bits per heavy atom. The number of nitrogens with one attached hydrogen (secondary N) is 2. The van der Waals surface area contributed by atoms with Crippen molar-refractivity contribution in [3.8, 4) is 0 Å². The van der Waals surface area contributed by atoms with Gasteiger partial charge in [-0.2, -0.15) is 0 Å². The van der Waals surface area contributed by atoms with Gasteiger partial charge in [-0.1, -0.05) is 110 Å². The Labute approximate surface area is 571 Å². The van der Waals surface area contributed by atoms with Crippen LogP contribution in [0.25, 0.3) is 0 Å². The first-order valence-electron chi connectivity index (χ1n) is 30.8. The standard InChI is InChI=1S/C31H51N3O2.C17H23NO4.C13H20O2.C5H9BrO2.C2H2O4.3CH4.HNOS/c1-19-20(2)24(6)30(9,23(19)5)15-14-28(35)34-27(13-11-12-17-32)29(36)33-18-16-31(10)25(7)21(3)22(4)26(31)8;1-10-11(2)13(4)17(5,12(10)3)9-8-16(21)22-18-14(19)6-7-15(18)20;1-8-9(2)11(4)13(5,10(8)3)7-6-12(14)15;1-2-8-5(7)3-4-6;3-1(4)2(5)6;;;;2-1-3/h27H,11-18,32H2,1-10H3,(H,33,36)(H,34,35);6-9H2,1-5H3;6-7H2,1-5H3,(H,14,15);2-4H2,1H3;(H,3,4)(H,5,6);3*1H4;(H,2,3)/p+1/t27-;;;;;;;;/m0......../s1. The molecule has 22 heteroatoms. The van der Waals surface area contributed by atoms with Gasteiger partial charge in [0, 0.05) is 83.0 Å². The molecule has 0 aromatic rings. The summed E-state index contributed by atoms with van der Waals surface area (Å²) in [5, 5.41) is 31.0. The monoisotopic (exact) mass is 1390 g/mol. The lowest BCUT2D eigenvalue weighted by molar-refractivity contribution is -0.368. The van der Waals surface area contributed by atoms with Gasteiger partial charge in [0.1, 0.15) is 6.04 Å². The van der Waals surface area contributed by atoms with E-state index in [2.05, 4.69) is 188 Å². The van der Waals surface area contributed by atoms with Gasteiger partial charge >= 0.3 is 29.8 Å². The number of carboxylic acids is 3. The SMILES string of the molecule is C.C.C.CC1=C(C)C(C)(CCC(=O)O)C(C)=C1C.CC1=C(C)C(C)(CCC(=O)ON2C(=O)CCC2=O)C(C)=C1C.CC1=C(C)C(C)(CCNC(=O)[C@H](CCCC[NH3+])NC(=O)CCC2(C)C(C)=C(C)C(C)=C2C)C(C)=C1C.CCOC(=O)CCBr.O=C(O)C(=O)O.O=NS. The first kappa shape index (κ1) is 93.1. The van der Waals surface area contributed by atoms with Crippen LogP contribution in [0.3, 0.4) is 0 Å². The summed E-state index contributed by atoms with van der Waals surface area (Å²) >= 11 is 5.98. The minimum Gasteiger partial charge on any atom is -0.481 e. The topological polar surface area (TPSA) is 317 Å². The van der Waals surface area contributed by atoms with Crippen LogP contribution in [0.4, 0.5) is 0 Å². The Kier molecular flexibility index (Phi) is 42.3. The average molecular weight is 1390 g/mol. The summed E-state index contributed by atoms with van der Waals surface area (Å²) in [5.74, 6) is -6.02. The Bertz CT molecular complexity index is 2840. The second kappa shape index (κ2) is 42.2.